The van der Waals surface area contributed by atoms with E-state index in [1.54, 1.807) is 0 Å². The van der Waals surface area contributed by atoms with Crippen molar-refractivity contribution in [3.05, 3.63) is 20.2 Å². The predicted octanol–water partition coefficient (Wildman–Crippen LogP) is -0.568. The fourth-order valence-electron chi connectivity index (χ4n) is 0.883. The summed E-state index contributed by atoms with van der Waals surface area (Å²) in [6.45, 7) is 0.561. The minimum absolute atomic E-state index is 0.561. The van der Waals surface area contributed by atoms with E-state index in [1.807, 2.05) is 0 Å². The van der Waals surface area contributed by atoms with Gasteiger partial charge in [-0.1, -0.05) is 0 Å². The lowest BCUT2D eigenvalue weighted by molar-refractivity contribution is -0.793. The summed E-state index contributed by atoms with van der Waals surface area (Å²) >= 11 is 0. The van der Waals surface area contributed by atoms with Gasteiger partial charge >= 0.3 is 17.6 Å². The summed E-state index contributed by atoms with van der Waals surface area (Å²) in [6.07, 6.45) is -1.22. The minimum Gasteiger partial charge on any atom is -0.481 e. The molecule has 0 atom stereocenters. The van der Waals surface area contributed by atoms with Gasteiger partial charge in [0.25, 0.3) is 0 Å². The lowest BCUT2D eigenvalue weighted by Gasteiger charge is -2.14. The van der Waals surface area contributed by atoms with E-state index in [9.17, 15) is 29.8 Å². The standard InChI is InChI=1S/C6H8N2O8/c1-6(7(13)14,8(15)16)2-3(4(9)10)5(11)12/h3H,2H2,1H3,(H,9,10)(H,11,12). The molecule has 0 saturated carbocycles. The van der Waals surface area contributed by atoms with Gasteiger partial charge in [-0.15, -0.1) is 0 Å². The monoisotopic (exact) mass is 236 g/mol. The van der Waals surface area contributed by atoms with Gasteiger partial charge in [0, 0.05) is 0 Å². The number of nitro groups is 2. The van der Waals surface area contributed by atoms with Crippen LogP contribution in [0.5, 0.6) is 0 Å². The molecule has 0 rings (SSSR count). The van der Waals surface area contributed by atoms with Crippen molar-refractivity contribution in [1.29, 1.82) is 0 Å². The number of carboxylic acid groups (broad SMARTS) is 2. The molecule has 0 radical (unpaired) electrons. The molecule has 0 aliphatic heterocycles. The topological polar surface area (TPSA) is 161 Å². The third-order valence-corrected chi connectivity index (χ3v) is 1.97. The number of carbonyl (C=O) groups is 2. The molecule has 0 heterocycles. The minimum atomic E-state index is -2.83. The van der Waals surface area contributed by atoms with Crippen molar-refractivity contribution in [3.8, 4) is 0 Å². The van der Waals surface area contributed by atoms with Crippen LogP contribution in [0.2, 0.25) is 0 Å². The van der Waals surface area contributed by atoms with E-state index in [2.05, 4.69) is 0 Å². The van der Waals surface area contributed by atoms with E-state index in [4.69, 9.17) is 10.2 Å². The Labute approximate surface area is 87.8 Å². The smallest absolute Gasteiger partial charge is 0.457 e. The van der Waals surface area contributed by atoms with Crippen LogP contribution in [-0.2, 0) is 9.59 Å². The second-order valence-corrected chi connectivity index (χ2v) is 3.16. The Balaban J connectivity index is 5.16. The first kappa shape index (κ1) is 13.7. The van der Waals surface area contributed by atoms with Gasteiger partial charge in [0.15, 0.2) is 5.92 Å². The molecule has 0 aliphatic rings. The largest absolute Gasteiger partial charge is 0.481 e. The van der Waals surface area contributed by atoms with E-state index in [0.717, 1.165) is 0 Å². The number of rotatable bonds is 6. The van der Waals surface area contributed by atoms with Crippen molar-refractivity contribution in [2.45, 2.75) is 19.0 Å². The molecule has 16 heavy (non-hydrogen) atoms. The van der Waals surface area contributed by atoms with Gasteiger partial charge in [-0.2, -0.15) is 0 Å². The fraction of sp³-hybridized carbons (Fsp3) is 0.667. The number of carboxylic acids is 2. The van der Waals surface area contributed by atoms with Gasteiger partial charge in [0.2, 0.25) is 0 Å². The summed E-state index contributed by atoms with van der Waals surface area (Å²) in [7, 11) is 0. The number of nitrogens with zero attached hydrogens (tertiary/aromatic N) is 2. The van der Waals surface area contributed by atoms with E-state index < -0.39 is 39.8 Å². The first-order valence-electron chi connectivity index (χ1n) is 3.87. The molecule has 10 nitrogen and oxygen atoms in total. The lowest BCUT2D eigenvalue weighted by atomic mass is 9.97. The van der Waals surface area contributed by atoms with Crippen LogP contribution in [0, 0.1) is 26.1 Å². The van der Waals surface area contributed by atoms with Crippen molar-refractivity contribution < 1.29 is 29.6 Å². The van der Waals surface area contributed by atoms with E-state index in [0.29, 0.717) is 6.92 Å². The highest BCUT2D eigenvalue weighted by Crippen LogP contribution is 2.21. The Bertz CT molecular complexity index is 322. The zero-order valence-corrected chi connectivity index (χ0v) is 8.02. The number of aliphatic carboxylic acids is 2. The van der Waals surface area contributed by atoms with E-state index >= 15 is 0 Å². The second-order valence-electron chi connectivity index (χ2n) is 3.16. The highest BCUT2D eigenvalue weighted by Gasteiger charge is 2.55. The zero-order chi connectivity index (χ0) is 13.1. The summed E-state index contributed by atoms with van der Waals surface area (Å²) in [5, 5.41) is 37.7. The number of hydrogen-bond acceptors (Lipinski definition) is 6. The normalized spacial score (nSPS) is 11.1. The molecule has 0 bridgehead atoms. The van der Waals surface area contributed by atoms with Crippen molar-refractivity contribution in [2.24, 2.45) is 5.92 Å². The predicted molar refractivity (Wildman–Crippen MR) is 45.8 cm³/mol. The van der Waals surface area contributed by atoms with Crippen LogP contribution < -0.4 is 0 Å². The van der Waals surface area contributed by atoms with Crippen molar-refractivity contribution in [3.63, 3.8) is 0 Å². The van der Waals surface area contributed by atoms with Crippen molar-refractivity contribution >= 4 is 11.9 Å². The molecule has 0 saturated heterocycles. The molecule has 0 aliphatic carbocycles. The van der Waals surface area contributed by atoms with Crippen LogP contribution in [0.4, 0.5) is 0 Å². The van der Waals surface area contributed by atoms with Crippen molar-refractivity contribution in [2.75, 3.05) is 0 Å². The SMILES string of the molecule is CC(CC(C(=O)O)C(=O)O)([N+](=O)[O-])[N+](=O)[O-]. The third kappa shape index (κ3) is 2.62. The van der Waals surface area contributed by atoms with Gasteiger partial charge in [-0.05, 0) is 0 Å². The maximum atomic E-state index is 10.4. The quantitative estimate of drug-likeness (QED) is 0.268. The van der Waals surface area contributed by atoms with Crippen LogP contribution in [0.25, 0.3) is 0 Å². The highest BCUT2D eigenvalue weighted by atomic mass is 16.7. The summed E-state index contributed by atoms with van der Waals surface area (Å²) in [5.74, 6) is -5.91. The molecule has 0 spiro atoms. The summed E-state index contributed by atoms with van der Waals surface area (Å²) < 4.78 is 0. The molecular formula is C6H8N2O8. The molecule has 2 N–H and O–H groups in total. The zero-order valence-electron chi connectivity index (χ0n) is 8.02. The second kappa shape index (κ2) is 4.51. The van der Waals surface area contributed by atoms with Crippen LogP contribution >= 0.6 is 0 Å². The van der Waals surface area contributed by atoms with Gasteiger partial charge in [-0.3, -0.25) is 29.8 Å². The van der Waals surface area contributed by atoms with E-state index in [-0.39, 0.29) is 0 Å². The number of hydrogen-bond donors (Lipinski definition) is 2. The van der Waals surface area contributed by atoms with Gasteiger partial charge in [0.1, 0.15) is 6.42 Å². The summed E-state index contributed by atoms with van der Waals surface area (Å²) in [4.78, 5) is 39.1. The van der Waals surface area contributed by atoms with Gasteiger partial charge < -0.3 is 10.2 Å². The average molecular weight is 236 g/mol. The highest BCUT2D eigenvalue weighted by molar-refractivity contribution is 5.92. The lowest BCUT2D eigenvalue weighted by Crippen LogP contribution is -2.47. The molecule has 0 fully saturated rings. The van der Waals surface area contributed by atoms with Gasteiger partial charge in [-0.25, -0.2) is 0 Å². The van der Waals surface area contributed by atoms with Crippen LogP contribution in [0.3, 0.4) is 0 Å². The molecule has 0 unspecified atom stereocenters. The molecular weight excluding hydrogens is 228 g/mol. The van der Waals surface area contributed by atoms with Crippen LogP contribution in [-0.4, -0.2) is 37.7 Å². The maximum Gasteiger partial charge on any atom is 0.457 e. The molecule has 90 valence electrons. The molecule has 0 aromatic rings. The molecule has 10 heteroatoms. The Hall–Kier alpha value is -2.26. The average Bonchev–Trinajstić information content (AvgIpc) is 2.11. The Morgan fingerprint density at radius 1 is 1.19 bits per heavy atom. The fourth-order valence-corrected chi connectivity index (χ4v) is 0.883. The Kier molecular flexibility index (Phi) is 3.87. The molecule has 0 aromatic heterocycles. The van der Waals surface area contributed by atoms with Crippen LogP contribution in [0.15, 0.2) is 0 Å². The third-order valence-electron chi connectivity index (χ3n) is 1.97. The summed E-state index contributed by atoms with van der Waals surface area (Å²) in [5.41, 5.74) is -2.83. The Morgan fingerprint density at radius 2 is 1.50 bits per heavy atom. The molecule has 0 aromatic carbocycles. The Morgan fingerprint density at radius 3 is 1.69 bits per heavy atom. The van der Waals surface area contributed by atoms with E-state index in [1.165, 1.54) is 0 Å². The summed E-state index contributed by atoms with van der Waals surface area (Å²) in [6, 6.07) is 0. The van der Waals surface area contributed by atoms with Crippen molar-refractivity contribution in [1.82, 2.24) is 0 Å². The first-order chi connectivity index (χ1) is 7.12. The molecule has 0 amide bonds. The maximum absolute atomic E-state index is 10.4. The first-order valence-corrected chi connectivity index (χ1v) is 3.87. The van der Waals surface area contributed by atoms with Gasteiger partial charge in [0.05, 0.1) is 16.8 Å². The van der Waals surface area contributed by atoms with Crippen LogP contribution in [0.1, 0.15) is 13.3 Å².